The van der Waals surface area contributed by atoms with Crippen molar-refractivity contribution in [2.24, 2.45) is 29.4 Å². The first-order chi connectivity index (χ1) is 4.36. The highest BCUT2D eigenvalue weighted by atomic mass is 14.8. The van der Waals surface area contributed by atoms with Gasteiger partial charge in [-0.3, -0.25) is 0 Å². The van der Waals surface area contributed by atoms with E-state index in [0.717, 1.165) is 23.7 Å². The SMILES string of the molecule is N[C@@H]1C[C@H]2C[C@H]1[C@@H]1C[C@H]21. The van der Waals surface area contributed by atoms with Crippen LogP contribution in [0, 0.1) is 23.7 Å². The molecule has 0 heterocycles. The third-order valence-corrected chi connectivity index (χ3v) is 3.75. The van der Waals surface area contributed by atoms with Crippen molar-refractivity contribution in [2.45, 2.75) is 25.3 Å². The fourth-order valence-electron chi connectivity index (χ4n) is 3.26. The normalized spacial score (nSPS) is 68.3. The molecule has 0 amide bonds. The number of hydrogen-bond donors (Lipinski definition) is 1. The van der Waals surface area contributed by atoms with Gasteiger partial charge in [-0.2, -0.15) is 0 Å². The van der Waals surface area contributed by atoms with Crippen LogP contribution >= 0.6 is 0 Å². The molecule has 0 aromatic rings. The Bertz CT molecular complexity index is 151. The van der Waals surface area contributed by atoms with Crippen LogP contribution in [0.3, 0.4) is 0 Å². The smallest absolute Gasteiger partial charge is 0.00727 e. The van der Waals surface area contributed by atoms with Gasteiger partial charge in [0.2, 0.25) is 0 Å². The second-order valence-corrected chi connectivity index (χ2v) is 4.12. The van der Waals surface area contributed by atoms with Crippen molar-refractivity contribution in [2.75, 3.05) is 0 Å². The molecule has 1 nitrogen and oxygen atoms in total. The zero-order valence-electron chi connectivity index (χ0n) is 5.59. The summed E-state index contributed by atoms with van der Waals surface area (Å²) in [5.74, 6) is 4.27. The van der Waals surface area contributed by atoms with Gasteiger partial charge in [-0.1, -0.05) is 0 Å². The minimum absolute atomic E-state index is 0.596. The first-order valence-corrected chi connectivity index (χ1v) is 4.12. The summed E-state index contributed by atoms with van der Waals surface area (Å²) in [7, 11) is 0. The van der Waals surface area contributed by atoms with E-state index < -0.39 is 0 Å². The number of fused-ring (bicyclic) bond motifs is 5. The lowest BCUT2D eigenvalue weighted by Crippen LogP contribution is -2.27. The van der Waals surface area contributed by atoms with E-state index in [-0.39, 0.29) is 0 Å². The monoisotopic (exact) mass is 123 g/mol. The third-order valence-electron chi connectivity index (χ3n) is 3.75. The summed E-state index contributed by atoms with van der Waals surface area (Å²) in [6.07, 6.45) is 4.37. The Labute approximate surface area is 55.6 Å². The largest absolute Gasteiger partial charge is 0.327 e. The molecular formula is C8H13N. The Kier molecular flexibility index (Phi) is 0.628. The van der Waals surface area contributed by atoms with Gasteiger partial charge >= 0.3 is 0 Å². The van der Waals surface area contributed by atoms with E-state index in [1.54, 1.807) is 0 Å². The van der Waals surface area contributed by atoms with Crippen LogP contribution in [0.1, 0.15) is 19.3 Å². The van der Waals surface area contributed by atoms with Crippen LogP contribution in [0.25, 0.3) is 0 Å². The Morgan fingerprint density at radius 1 is 0.889 bits per heavy atom. The van der Waals surface area contributed by atoms with Gasteiger partial charge in [-0.25, -0.2) is 0 Å². The molecule has 0 unspecified atom stereocenters. The summed E-state index contributed by atoms with van der Waals surface area (Å²) in [6, 6.07) is 0.596. The zero-order chi connectivity index (χ0) is 6.01. The van der Waals surface area contributed by atoms with Crippen molar-refractivity contribution < 1.29 is 0 Å². The first kappa shape index (κ1) is 4.73. The van der Waals surface area contributed by atoms with E-state index in [0.29, 0.717) is 6.04 Å². The van der Waals surface area contributed by atoms with Gasteiger partial charge in [-0.15, -0.1) is 0 Å². The number of hydrogen-bond acceptors (Lipinski definition) is 1. The lowest BCUT2D eigenvalue weighted by atomic mass is 9.96. The maximum atomic E-state index is 5.94. The van der Waals surface area contributed by atoms with E-state index in [1.807, 2.05) is 0 Å². The van der Waals surface area contributed by atoms with Crippen LogP contribution in [-0.2, 0) is 0 Å². The predicted molar refractivity (Wildman–Crippen MR) is 35.8 cm³/mol. The summed E-state index contributed by atoms with van der Waals surface area (Å²) in [5, 5.41) is 0. The second-order valence-electron chi connectivity index (χ2n) is 4.12. The van der Waals surface area contributed by atoms with E-state index in [2.05, 4.69) is 0 Å². The molecule has 9 heavy (non-hydrogen) atoms. The third kappa shape index (κ3) is 0.420. The average molecular weight is 123 g/mol. The number of rotatable bonds is 0. The minimum atomic E-state index is 0.596. The molecule has 3 saturated carbocycles. The van der Waals surface area contributed by atoms with Gasteiger partial charge in [0.1, 0.15) is 0 Å². The van der Waals surface area contributed by atoms with Crippen LogP contribution in [0.2, 0.25) is 0 Å². The topological polar surface area (TPSA) is 26.0 Å². The molecular weight excluding hydrogens is 110 g/mol. The van der Waals surface area contributed by atoms with Crippen molar-refractivity contribution in [1.29, 1.82) is 0 Å². The molecule has 2 bridgehead atoms. The molecule has 3 fully saturated rings. The van der Waals surface area contributed by atoms with Crippen molar-refractivity contribution in [1.82, 2.24) is 0 Å². The van der Waals surface area contributed by atoms with Gasteiger partial charge in [0.25, 0.3) is 0 Å². The maximum Gasteiger partial charge on any atom is 0.00727 e. The van der Waals surface area contributed by atoms with Gasteiger partial charge in [0.15, 0.2) is 0 Å². The maximum absolute atomic E-state index is 5.94. The molecule has 0 spiro atoms. The van der Waals surface area contributed by atoms with Crippen molar-refractivity contribution in [3.63, 3.8) is 0 Å². The lowest BCUT2D eigenvalue weighted by Gasteiger charge is -2.15. The fraction of sp³-hybridized carbons (Fsp3) is 1.00. The van der Waals surface area contributed by atoms with Gasteiger partial charge < -0.3 is 5.73 Å². The van der Waals surface area contributed by atoms with Gasteiger partial charge in [0.05, 0.1) is 0 Å². The van der Waals surface area contributed by atoms with E-state index in [9.17, 15) is 0 Å². The molecule has 5 atom stereocenters. The predicted octanol–water partition coefficient (Wildman–Crippen LogP) is 0.990. The molecule has 0 aliphatic heterocycles. The standard InChI is InChI=1S/C8H13N/c9-8-2-4-1-7(8)6-3-5(4)6/h4-8H,1-3,9H2/t4-,5-,6-,7+,8-/m1/s1. The molecule has 2 N–H and O–H groups in total. The molecule has 0 aromatic carbocycles. The van der Waals surface area contributed by atoms with E-state index >= 15 is 0 Å². The Balaban J connectivity index is 1.96. The zero-order valence-corrected chi connectivity index (χ0v) is 5.59. The molecule has 50 valence electrons. The quantitative estimate of drug-likeness (QED) is 0.510. The molecule has 0 radical (unpaired) electrons. The molecule has 3 rings (SSSR count). The first-order valence-electron chi connectivity index (χ1n) is 4.12. The Morgan fingerprint density at radius 2 is 1.78 bits per heavy atom. The molecule has 0 saturated heterocycles. The lowest BCUT2D eigenvalue weighted by molar-refractivity contribution is 0.398. The summed E-state index contributed by atoms with van der Waals surface area (Å²) in [5.41, 5.74) is 5.94. The minimum Gasteiger partial charge on any atom is -0.327 e. The summed E-state index contributed by atoms with van der Waals surface area (Å²) < 4.78 is 0. The molecule has 3 aliphatic rings. The highest BCUT2D eigenvalue weighted by Crippen LogP contribution is 2.65. The van der Waals surface area contributed by atoms with Gasteiger partial charge in [-0.05, 0) is 42.9 Å². The second kappa shape index (κ2) is 1.20. The molecule has 1 heteroatoms. The van der Waals surface area contributed by atoms with Crippen molar-refractivity contribution >= 4 is 0 Å². The molecule has 0 aromatic heterocycles. The van der Waals surface area contributed by atoms with Crippen LogP contribution in [0.15, 0.2) is 0 Å². The van der Waals surface area contributed by atoms with Crippen molar-refractivity contribution in [3.8, 4) is 0 Å². The molecule has 3 aliphatic carbocycles. The summed E-state index contributed by atoms with van der Waals surface area (Å²) in [4.78, 5) is 0. The van der Waals surface area contributed by atoms with Crippen LogP contribution < -0.4 is 5.73 Å². The van der Waals surface area contributed by atoms with E-state index in [4.69, 9.17) is 5.73 Å². The fourth-order valence-corrected chi connectivity index (χ4v) is 3.26. The highest BCUT2D eigenvalue weighted by Gasteiger charge is 2.59. The van der Waals surface area contributed by atoms with Crippen LogP contribution in [-0.4, -0.2) is 6.04 Å². The van der Waals surface area contributed by atoms with Crippen molar-refractivity contribution in [3.05, 3.63) is 0 Å². The number of nitrogens with two attached hydrogens (primary N) is 1. The van der Waals surface area contributed by atoms with Gasteiger partial charge in [0, 0.05) is 6.04 Å². The Hall–Kier alpha value is -0.0400. The van der Waals surface area contributed by atoms with Crippen LogP contribution in [0.4, 0.5) is 0 Å². The highest BCUT2D eigenvalue weighted by molar-refractivity contribution is 5.10. The summed E-state index contributed by atoms with van der Waals surface area (Å²) >= 11 is 0. The summed E-state index contributed by atoms with van der Waals surface area (Å²) in [6.45, 7) is 0. The van der Waals surface area contributed by atoms with Crippen LogP contribution in [0.5, 0.6) is 0 Å². The average Bonchev–Trinajstić information content (AvgIpc) is 2.46. The Morgan fingerprint density at radius 3 is 2.33 bits per heavy atom. The van der Waals surface area contributed by atoms with E-state index in [1.165, 1.54) is 19.3 Å².